The molecule has 3 nitrogen and oxygen atoms in total. The van der Waals surface area contributed by atoms with E-state index in [9.17, 15) is 4.79 Å². The number of hydrogen-bond acceptors (Lipinski definition) is 1. The highest BCUT2D eigenvalue weighted by Crippen LogP contribution is 2.38. The molecule has 1 aromatic rings. The lowest BCUT2D eigenvalue weighted by atomic mass is 10.1. The second kappa shape index (κ2) is 5.55. The highest BCUT2D eigenvalue weighted by atomic mass is 79.9. The molecule has 2 saturated carbocycles. The van der Waals surface area contributed by atoms with Crippen LogP contribution in [0.25, 0.3) is 0 Å². The molecule has 2 aliphatic carbocycles. The van der Waals surface area contributed by atoms with Gasteiger partial charge in [0, 0.05) is 29.3 Å². The summed E-state index contributed by atoms with van der Waals surface area (Å²) < 4.78 is 3.20. The Bertz CT molecular complexity index is 501. The number of carbonyl (C=O) groups is 1. The van der Waals surface area contributed by atoms with Gasteiger partial charge in [0.15, 0.2) is 0 Å². The Morgan fingerprint density at radius 1 is 1.40 bits per heavy atom. The largest absolute Gasteiger partial charge is 0.339 e. The lowest BCUT2D eigenvalue weighted by Gasteiger charge is -2.24. The first-order chi connectivity index (χ1) is 9.56. The van der Waals surface area contributed by atoms with Gasteiger partial charge in [-0.1, -0.05) is 13.8 Å². The molecule has 20 heavy (non-hydrogen) atoms. The molecule has 0 N–H and O–H groups in total. The SMILES string of the molecule is CC(C)CCN(C(=O)c1cc(Br)cn1C1CC1)C1CC1. The maximum absolute atomic E-state index is 12.9. The predicted octanol–water partition coefficient (Wildman–Crippen LogP) is 4.24. The fourth-order valence-electron chi connectivity index (χ4n) is 2.65. The van der Waals surface area contributed by atoms with Gasteiger partial charge in [-0.05, 0) is 60.0 Å². The lowest BCUT2D eigenvalue weighted by Crippen LogP contribution is -2.35. The molecule has 110 valence electrons. The van der Waals surface area contributed by atoms with E-state index in [2.05, 4.69) is 45.4 Å². The van der Waals surface area contributed by atoms with Crippen molar-refractivity contribution in [3.8, 4) is 0 Å². The van der Waals surface area contributed by atoms with Gasteiger partial charge in [-0.15, -0.1) is 0 Å². The van der Waals surface area contributed by atoms with Crippen molar-refractivity contribution in [3.63, 3.8) is 0 Å². The summed E-state index contributed by atoms with van der Waals surface area (Å²) in [5.74, 6) is 0.872. The molecule has 2 aliphatic rings. The molecule has 0 unspecified atom stereocenters. The van der Waals surface area contributed by atoms with Crippen LogP contribution in [0.2, 0.25) is 0 Å². The van der Waals surface area contributed by atoms with Gasteiger partial charge in [0.05, 0.1) is 0 Å². The minimum absolute atomic E-state index is 0.228. The molecule has 0 radical (unpaired) electrons. The highest BCUT2D eigenvalue weighted by Gasteiger charge is 2.35. The maximum atomic E-state index is 12.9. The highest BCUT2D eigenvalue weighted by molar-refractivity contribution is 9.10. The van der Waals surface area contributed by atoms with Crippen LogP contribution in [-0.4, -0.2) is 28.0 Å². The van der Waals surface area contributed by atoms with E-state index in [1.807, 2.05) is 6.07 Å². The van der Waals surface area contributed by atoms with Crippen LogP contribution in [0.15, 0.2) is 16.7 Å². The second-order valence-corrected chi connectivity index (χ2v) is 7.51. The zero-order valence-corrected chi connectivity index (χ0v) is 13.9. The minimum atomic E-state index is 0.228. The van der Waals surface area contributed by atoms with Gasteiger partial charge < -0.3 is 9.47 Å². The summed E-state index contributed by atoms with van der Waals surface area (Å²) in [5, 5.41) is 0. The second-order valence-electron chi connectivity index (χ2n) is 6.59. The number of hydrogen-bond donors (Lipinski definition) is 0. The normalized spacial score (nSPS) is 18.6. The Kier molecular flexibility index (Phi) is 3.93. The molecule has 0 bridgehead atoms. The summed E-state index contributed by atoms with van der Waals surface area (Å²) in [6.07, 6.45) is 7.92. The standard InChI is InChI=1S/C16H23BrN2O/c1-11(2)7-8-18(13-3-4-13)16(20)15-9-12(17)10-19(15)14-5-6-14/h9-11,13-14H,3-8H2,1-2H3. The molecule has 1 amide bonds. The van der Waals surface area contributed by atoms with Gasteiger partial charge in [-0.3, -0.25) is 4.79 Å². The monoisotopic (exact) mass is 338 g/mol. The molecule has 0 spiro atoms. The molecular formula is C16H23BrN2O. The minimum Gasteiger partial charge on any atom is -0.339 e. The summed E-state index contributed by atoms with van der Waals surface area (Å²) in [4.78, 5) is 15.0. The van der Waals surface area contributed by atoms with Crippen molar-refractivity contribution in [2.45, 2.75) is 58.0 Å². The number of nitrogens with zero attached hydrogens (tertiary/aromatic N) is 2. The topological polar surface area (TPSA) is 25.2 Å². The molecule has 0 aromatic carbocycles. The van der Waals surface area contributed by atoms with E-state index >= 15 is 0 Å². The van der Waals surface area contributed by atoms with Crippen molar-refractivity contribution in [2.75, 3.05) is 6.54 Å². The average Bonchev–Trinajstić information content (AvgIpc) is 3.27. The predicted molar refractivity (Wildman–Crippen MR) is 83.9 cm³/mol. The molecule has 1 aromatic heterocycles. The van der Waals surface area contributed by atoms with Crippen molar-refractivity contribution < 1.29 is 4.79 Å². The van der Waals surface area contributed by atoms with Crippen LogP contribution in [-0.2, 0) is 0 Å². The Labute approximate surface area is 129 Å². The third-order valence-electron chi connectivity index (χ3n) is 4.17. The van der Waals surface area contributed by atoms with Crippen LogP contribution in [0.4, 0.5) is 0 Å². The summed E-state index contributed by atoms with van der Waals surface area (Å²) in [7, 11) is 0. The van der Waals surface area contributed by atoms with E-state index in [0.29, 0.717) is 18.0 Å². The molecule has 3 rings (SSSR count). The molecule has 0 saturated heterocycles. The van der Waals surface area contributed by atoms with Gasteiger partial charge in [0.1, 0.15) is 5.69 Å². The summed E-state index contributed by atoms with van der Waals surface area (Å²) in [6, 6.07) is 3.03. The summed E-state index contributed by atoms with van der Waals surface area (Å²) in [6.45, 7) is 5.34. The van der Waals surface area contributed by atoms with E-state index in [1.54, 1.807) is 0 Å². The summed E-state index contributed by atoms with van der Waals surface area (Å²) in [5.41, 5.74) is 0.870. The van der Waals surface area contributed by atoms with Crippen LogP contribution in [0.5, 0.6) is 0 Å². The fourth-order valence-corrected chi connectivity index (χ4v) is 3.09. The Balaban J connectivity index is 1.78. The number of amides is 1. The van der Waals surface area contributed by atoms with Crippen molar-refractivity contribution in [1.29, 1.82) is 0 Å². The Morgan fingerprint density at radius 2 is 2.10 bits per heavy atom. The lowest BCUT2D eigenvalue weighted by molar-refractivity contribution is 0.0724. The van der Waals surface area contributed by atoms with Crippen molar-refractivity contribution in [1.82, 2.24) is 9.47 Å². The van der Waals surface area contributed by atoms with Gasteiger partial charge in [0.25, 0.3) is 5.91 Å². The van der Waals surface area contributed by atoms with E-state index in [4.69, 9.17) is 0 Å². The smallest absolute Gasteiger partial charge is 0.270 e. The number of rotatable bonds is 6. The van der Waals surface area contributed by atoms with Crippen molar-refractivity contribution in [2.24, 2.45) is 5.92 Å². The van der Waals surface area contributed by atoms with Crippen LogP contribution in [0, 0.1) is 5.92 Å². The molecule has 0 atom stereocenters. The first kappa shape index (κ1) is 14.2. The third kappa shape index (κ3) is 3.11. The van der Waals surface area contributed by atoms with Gasteiger partial charge in [-0.25, -0.2) is 0 Å². The summed E-state index contributed by atoms with van der Waals surface area (Å²) >= 11 is 3.52. The van der Waals surface area contributed by atoms with Gasteiger partial charge >= 0.3 is 0 Å². The molecular weight excluding hydrogens is 316 g/mol. The van der Waals surface area contributed by atoms with Crippen LogP contribution >= 0.6 is 15.9 Å². The average molecular weight is 339 g/mol. The van der Waals surface area contributed by atoms with Crippen LogP contribution in [0.3, 0.4) is 0 Å². The molecule has 4 heteroatoms. The van der Waals surface area contributed by atoms with E-state index in [1.165, 1.54) is 25.7 Å². The van der Waals surface area contributed by atoms with Crippen molar-refractivity contribution in [3.05, 3.63) is 22.4 Å². The number of halogens is 1. The quantitative estimate of drug-likeness (QED) is 0.761. The van der Waals surface area contributed by atoms with Crippen molar-refractivity contribution >= 4 is 21.8 Å². The van der Waals surface area contributed by atoms with Gasteiger partial charge in [0.2, 0.25) is 0 Å². The molecule has 2 fully saturated rings. The van der Waals surface area contributed by atoms with Crippen LogP contribution in [0.1, 0.15) is 62.5 Å². The fraction of sp³-hybridized carbons (Fsp3) is 0.688. The molecule has 1 heterocycles. The first-order valence-electron chi connectivity index (χ1n) is 7.74. The molecule has 0 aliphatic heterocycles. The van der Waals surface area contributed by atoms with Crippen LogP contribution < -0.4 is 0 Å². The van der Waals surface area contributed by atoms with Gasteiger partial charge in [-0.2, -0.15) is 0 Å². The first-order valence-corrected chi connectivity index (χ1v) is 8.54. The zero-order valence-electron chi connectivity index (χ0n) is 12.3. The Morgan fingerprint density at radius 3 is 2.65 bits per heavy atom. The van der Waals surface area contributed by atoms with E-state index < -0.39 is 0 Å². The number of aromatic nitrogens is 1. The van der Waals surface area contributed by atoms with E-state index in [0.717, 1.165) is 23.1 Å². The zero-order chi connectivity index (χ0) is 14.3. The number of carbonyl (C=O) groups excluding carboxylic acids is 1. The Hall–Kier alpha value is -0.770. The third-order valence-corrected chi connectivity index (χ3v) is 4.60. The maximum Gasteiger partial charge on any atom is 0.270 e. The van der Waals surface area contributed by atoms with E-state index in [-0.39, 0.29) is 5.91 Å².